The van der Waals surface area contributed by atoms with Crippen molar-refractivity contribution >= 4 is 5.57 Å². The van der Waals surface area contributed by atoms with Gasteiger partial charge in [0.05, 0.1) is 0 Å². The highest BCUT2D eigenvalue weighted by Crippen LogP contribution is 2.29. The molecular weight excluding hydrogens is 204 g/mol. The molecule has 92 valence electrons. The molecule has 0 aliphatic rings. The van der Waals surface area contributed by atoms with Gasteiger partial charge in [0.2, 0.25) is 0 Å². The lowest BCUT2D eigenvalue weighted by Gasteiger charge is -2.20. The Morgan fingerprint density at radius 2 is 1.76 bits per heavy atom. The second kappa shape index (κ2) is 6.44. The van der Waals surface area contributed by atoms with Gasteiger partial charge < -0.3 is 0 Å². The summed E-state index contributed by atoms with van der Waals surface area (Å²) in [4.78, 5) is 0. The molecule has 0 amide bonds. The van der Waals surface area contributed by atoms with Crippen LogP contribution in [0.2, 0.25) is 0 Å². The molecule has 1 atom stereocenters. The number of hydrogen-bond acceptors (Lipinski definition) is 0. The van der Waals surface area contributed by atoms with Crippen molar-refractivity contribution in [3.63, 3.8) is 0 Å². The van der Waals surface area contributed by atoms with E-state index in [1.54, 1.807) is 0 Å². The molecule has 0 heteroatoms. The molecule has 1 unspecified atom stereocenters. The molecule has 0 fully saturated rings. The molecule has 0 radical (unpaired) electrons. The van der Waals surface area contributed by atoms with Crippen molar-refractivity contribution in [2.24, 2.45) is 11.8 Å². The third-order valence-electron chi connectivity index (χ3n) is 3.48. The highest BCUT2D eigenvalue weighted by atomic mass is 14.2. The average Bonchev–Trinajstić information content (AvgIpc) is 2.35. The molecule has 0 N–H and O–H groups in total. The Kier molecular flexibility index (Phi) is 5.21. The fourth-order valence-electron chi connectivity index (χ4n) is 1.93. The van der Waals surface area contributed by atoms with E-state index in [9.17, 15) is 0 Å². The van der Waals surface area contributed by atoms with E-state index in [1.807, 2.05) is 6.08 Å². The van der Waals surface area contributed by atoms with Crippen molar-refractivity contribution in [2.45, 2.75) is 34.1 Å². The largest absolute Gasteiger partial charge is 0.0991 e. The number of aryl methyl sites for hydroxylation is 1. The first kappa shape index (κ1) is 13.8. The molecule has 0 saturated carbocycles. The van der Waals surface area contributed by atoms with Crippen LogP contribution in [0.15, 0.2) is 43.0 Å². The van der Waals surface area contributed by atoms with Crippen molar-refractivity contribution in [2.75, 3.05) is 0 Å². The van der Waals surface area contributed by atoms with Crippen LogP contribution in [0, 0.1) is 11.8 Å². The second-order valence-electron chi connectivity index (χ2n) is 4.94. The first-order valence-electron chi connectivity index (χ1n) is 6.52. The Morgan fingerprint density at radius 3 is 2.18 bits per heavy atom. The maximum Gasteiger partial charge on any atom is -0.0161 e. The Hall–Kier alpha value is -1.30. The van der Waals surface area contributed by atoms with Crippen molar-refractivity contribution in [1.82, 2.24) is 0 Å². The van der Waals surface area contributed by atoms with Crippen molar-refractivity contribution in [3.8, 4) is 0 Å². The first-order valence-corrected chi connectivity index (χ1v) is 6.52. The summed E-state index contributed by atoms with van der Waals surface area (Å²) in [5.74, 6) is 1.20. The summed E-state index contributed by atoms with van der Waals surface area (Å²) < 4.78 is 0. The van der Waals surface area contributed by atoms with E-state index in [2.05, 4.69) is 64.6 Å². The molecule has 1 rings (SSSR count). The number of allylic oxidation sites excluding steroid dienone is 3. The molecule has 0 bridgehead atoms. The third kappa shape index (κ3) is 3.59. The Bertz CT molecular complexity index is 379. The minimum atomic E-state index is 0.556. The minimum absolute atomic E-state index is 0.556. The average molecular weight is 228 g/mol. The fourth-order valence-corrected chi connectivity index (χ4v) is 1.93. The summed E-state index contributed by atoms with van der Waals surface area (Å²) >= 11 is 0. The third-order valence-corrected chi connectivity index (χ3v) is 3.48. The highest BCUT2D eigenvalue weighted by molar-refractivity contribution is 5.68. The summed E-state index contributed by atoms with van der Waals surface area (Å²) in [6.07, 6.45) is 5.13. The molecule has 1 aromatic carbocycles. The van der Waals surface area contributed by atoms with Crippen LogP contribution in [0.3, 0.4) is 0 Å². The summed E-state index contributed by atoms with van der Waals surface area (Å²) in [6.45, 7) is 12.8. The van der Waals surface area contributed by atoms with E-state index in [4.69, 9.17) is 0 Å². The van der Waals surface area contributed by atoms with Gasteiger partial charge in [-0.3, -0.25) is 0 Å². The standard InChI is InChI=1S/C17H24/c1-6-8-17(14(5)13(3)4)16-11-9-15(7-2)10-12-16/h6,8-14H,1,7H2,2-5H3/b17-8+. The van der Waals surface area contributed by atoms with E-state index in [0.29, 0.717) is 11.8 Å². The monoisotopic (exact) mass is 228 g/mol. The molecular formula is C17H24. The zero-order valence-corrected chi connectivity index (χ0v) is 11.5. The summed E-state index contributed by atoms with van der Waals surface area (Å²) in [7, 11) is 0. The van der Waals surface area contributed by atoms with Crippen molar-refractivity contribution in [1.29, 1.82) is 0 Å². The molecule has 0 spiro atoms. The Morgan fingerprint density at radius 1 is 1.18 bits per heavy atom. The van der Waals surface area contributed by atoms with Crippen LogP contribution in [-0.2, 0) is 6.42 Å². The van der Waals surface area contributed by atoms with Gasteiger partial charge in [-0.05, 0) is 35.0 Å². The highest BCUT2D eigenvalue weighted by Gasteiger charge is 2.13. The maximum absolute atomic E-state index is 3.83. The molecule has 1 aromatic rings. The van der Waals surface area contributed by atoms with E-state index in [0.717, 1.165) is 6.42 Å². The van der Waals surface area contributed by atoms with Crippen LogP contribution < -0.4 is 0 Å². The smallest absolute Gasteiger partial charge is 0.0161 e. The molecule has 17 heavy (non-hydrogen) atoms. The normalized spacial score (nSPS) is 13.8. The van der Waals surface area contributed by atoms with Crippen LogP contribution >= 0.6 is 0 Å². The summed E-state index contributed by atoms with van der Waals surface area (Å²) in [5.41, 5.74) is 4.10. The molecule has 0 aromatic heterocycles. The molecule has 0 aliphatic carbocycles. The molecule has 0 saturated heterocycles. The quantitative estimate of drug-likeness (QED) is 0.614. The van der Waals surface area contributed by atoms with Gasteiger partial charge in [-0.25, -0.2) is 0 Å². The van der Waals surface area contributed by atoms with Crippen molar-refractivity contribution in [3.05, 3.63) is 54.1 Å². The lowest BCUT2D eigenvalue weighted by molar-refractivity contribution is 0.518. The van der Waals surface area contributed by atoms with Crippen LogP contribution in [0.1, 0.15) is 38.8 Å². The van der Waals surface area contributed by atoms with Crippen LogP contribution in [0.5, 0.6) is 0 Å². The minimum Gasteiger partial charge on any atom is -0.0991 e. The topological polar surface area (TPSA) is 0 Å². The van der Waals surface area contributed by atoms with Gasteiger partial charge >= 0.3 is 0 Å². The van der Waals surface area contributed by atoms with E-state index >= 15 is 0 Å². The van der Waals surface area contributed by atoms with E-state index < -0.39 is 0 Å². The predicted octanol–water partition coefficient (Wildman–Crippen LogP) is 5.11. The lowest BCUT2D eigenvalue weighted by Crippen LogP contribution is -2.06. The fraction of sp³-hybridized carbons (Fsp3) is 0.412. The van der Waals surface area contributed by atoms with E-state index in [1.165, 1.54) is 16.7 Å². The first-order chi connectivity index (χ1) is 8.10. The van der Waals surface area contributed by atoms with E-state index in [-0.39, 0.29) is 0 Å². The second-order valence-corrected chi connectivity index (χ2v) is 4.94. The molecule has 0 aliphatic heterocycles. The van der Waals surface area contributed by atoms with Crippen LogP contribution in [0.4, 0.5) is 0 Å². The van der Waals surface area contributed by atoms with Gasteiger partial charge in [0.25, 0.3) is 0 Å². The van der Waals surface area contributed by atoms with Gasteiger partial charge in [-0.1, -0.05) is 70.7 Å². The predicted molar refractivity (Wildman–Crippen MR) is 78.0 cm³/mol. The molecule has 0 nitrogen and oxygen atoms in total. The van der Waals surface area contributed by atoms with Gasteiger partial charge in [-0.2, -0.15) is 0 Å². The van der Waals surface area contributed by atoms with Gasteiger partial charge in [0, 0.05) is 0 Å². The van der Waals surface area contributed by atoms with Crippen molar-refractivity contribution < 1.29 is 0 Å². The number of rotatable bonds is 5. The van der Waals surface area contributed by atoms with Gasteiger partial charge in [-0.15, -0.1) is 0 Å². The summed E-state index contributed by atoms with van der Waals surface area (Å²) in [6, 6.07) is 8.90. The lowest BCUT2D eigenvalue weighted by atomic mass is 9.85. The maximum atomic E-state index is 3.83. The number of hydrogen-bond donors (Lipinski definition) is 0. The number of benzene rings is 1. The van der Waals surface area contributed by atoms with Crippen LogP contribution in [-0.4, -0.2) is 0 Å². The van der Waals surface area contributed by atoms with Gasteiger partial charge in [0.15, 0.2) is 0 Å². The Labute approximate surface area is 106 Å². The summed E-state index contributed by atoms with van der Waals surface area (Å²) in [5, 5.41) is 0. The SMILES string of the molecule is C=C/C=C(/c1ccc(CC)cc1)C(C)C(C)C. The van der Waals surface area contributed by atoms with Gasteiger partial charge in [0.1, 0.15) is 0 Å². The van der Waals surface area contributed by atoms with Crippen LogP contribution in [0.25, 0.3) is 5.57 Å². The Balaban J connectivity index is 3.06. The zero-order valence-electron chi connectivity index (χ0n) is 11.5. The molecule has 0 heterocycles. The zero-order chi connectivity index (χ0) is 12.8.